The van der Waals surface area contributed by atoms with Gasteiger partial charge in [0.15, 0.2) is 0 Å². The summed E-state index contributed by atoms with van der Waals surface area (Å²) in [5.41, 5.74) is 1.08. The second kappa shape index (κ2) is 4.30. The topological polar surface area (TPSA) is 20.2 Å². The molecular weight excluding hydrogens is 215 g/mol. The van der Waals surface area contributed by atoms with Gasteiger partial charge in [0.2, 0.25) is 0 Å². The van der Waals surface area contributed by atoms with Crippen LogP contribution in [0.1, 0.15) is 19.4 Å². The fraction of sp³-hybridized carbons (Fsp3) is 0.200. The van der Waals surface area contributed by atoms with E-state index >= 15 is 0 Å². The zero-order valence-electron chi connectivity index (χ0n) is 9.94. The molecule has 88 valence electrons. The SMILES string of the molecule is CC(C)(O)c1ccc(F)c(-c2ccccc2)c1. The van der Waals surface area contributed by atoms with Crippen molar-refractivity contribution in [3.63, 3.8) is 0 Å². The van der Waals surface area contributed by atoms with Crippen LogP contribution in [0.15, 0.2) is 48.5 Å². The molecule has 0 aliphatic carbocycles. The van der Waals surface area contributed by atoms with E-state index in [1.807, 2.05) is 30.3 Å². The zero-order chi connectivity index (χ0) is 12.5. The molecule has 0 spiro atoms. The summed E-state index contributed by atoms with van der Waals surface area (Å²) in [5.74, 6) is -0.274. The molecule has 0 saturated heterocycles. The summed E-state index contributed by atoms with van der Waals surface area (Å²) >= 11 is 0. The minimum atomic E-state index is -0.961. The molecule has 0 amide bonds. The molecular formula is C15H15FO. The smallest absolute Gasteiger partial charge is 0.131 e. The zero-order valence-corrected chi connectivity index (χ0v) is 9.94. The van der Waals surface area contributed by atoms with Crippen LogP contribution in [0.5, 0.6) is 0 Å². The Morgan fingerprint density at radius 2 is 1.65 bits per heavy atom. The molecule has 2 aromatic rings. The Labute approximate surface area is 101 Å². The van der Waals surface area contributed by atoms with Gasteiger partial charge in [-0.05, 0) is 37.1 Å². The predicted molar refractivity (Wildman–Crippen MR) is 67.1 cm³/mol. The van der Waals surface area contributed by atoms with Gasteiger partial charge in [0.1, 0.15) is 5.82 Å². The predicted octanol–water partition coefficient (Wildman–Crippen LogP) is 3.72. The van der Waals surface area contributed by atoms with Gasteiger partial charge in [-0.1, -0.05) is 36.4 Å². The molecule has 0 aliphatic rings. The molecule has 0 fully saturated rings. The van der Waals surface area contributed by atoms with Gasteiger partial charge < -0.3 is 5.11 Å². The molecule has 1 N–H and O–H groups in total. The molecule has 17 heavy (non-hydrogen) atoms. The first-order chi connectivity index (χ1) is 7.98. The molecule has 0 aromatic heterocycles. The van der Waals surface area contributed by atoms with E-state index in [9.17, 15) is 9.50 Å². The Bertz CT molecular complexity index is 512. The summed E-state index contributed by atoms with van der Waals surface area (Å²) in [6.45, 7) is 3.38. The molecule has 0 saturated carbocycles. The van der Waals surface area contributed by atoms with Crippen molar-refractivity contribution in [3.8, 4) is 11.1 Å². The minimum Gasteiger partial charge on any atom is -0.386 e. The second-order valence-electron chi connectivity index (χ2n) is 4.62. The standard InChI is InChI=1S/C15H15FO/c1-15(2,17)12-8-9-14(16)13(10-12)11-6-4-3-5-7-11/h3-10,17H,1-2H3. The van der Waals surface area contributed by atoms with Crippen molar-refractivity contribution in [1.82, 2.24) is 0 Å². The van der Waals surface area contributed by atoms with Crippen LogP contribution >= 0.6 is 0 Å². The Balaban J connectivity index is 2.55. The summed E-state index contributed by atoms with van der Waals surface area (Å²) in [7, 11) is 0. The van der Waals surface area contributed by atoms with Gasteiger partial charge in [0.25, 0.3) is 0 Å². The number of rotatable bonds is 2. The molecule has 0 atom stereocenters. The lowest BCUT2D eigenvalue weighted by Gasteiger charge is -2.19. The highest BCUT2D eigenvalue weighted by Gasteiger charge is 2.17. The molecule has 0 unspecified atom stereocenters. The maximum atomic E-state index is 13.8. The Morgan fingerprint density at radius 3 is 2.24 bits per heavy atom. The monoisotopic (exact) mass is 230 g/mol. The summed E-state index contributed by atoms with van der Waals surface area (Å²) in [6, 6.07) is 14.0. The highest BCUT2D eigenvalue weighted by atomic mass is 19.1. The quantitative estimate of drug-likeness (QED) is 0.833. The number of halogens is 1. The van der Waals surface area contributed by atoms with Crippen LogP contribution in [0.4, 0.5) is 4.39 Å². The minimum absolute atomic E-state index is 0.274. The van der Waals surface area contributed by atoms with E-state index in [1.54, 1.807) is 26.0 Å². The number of hydrogen-bond acceptors (Lipinski definition) is 1. The van der Waals surface area contributed by atoms with Gasteiger partial charge in [-0.3, -0.25) is 0 Å². The van der Waals surface area contributed by atoms with E-state index in [0.29, 0.717) is 11.1 Å². The van der Waals surface area contributed by atoms with Crippen molar-refractivity contribution in [2.24, 2.45) is 0 Å². The molecule has 2 aromatic carbocycles. The average molecular weight is 230 g/mol. The Hall–Kier alpha value is -1.67. The van der Waals surface area contributed by atoms with Crippen LogP contribution in [0, 0.1) is 5.82 Å². The third-order valence-corrected chi connectivity index (χ3v) is 2.76. The maximum Gasteiger partial charge on any atom is 0.131 e. The van der Waals surface area contributed by atoms with Crippen LogP contribution < -0.4 is 0 Å². The summed E-state index contributed by atoms with van der Waals surface area (Å²) in [5, 5.41) is 9.93. The van der Waals surface area contributed by atoms with E-state index in [0.717, 1.165) is 5.56 Å². The van der Waals surface area contributed by atoms with Crippen molar-refractivity contribution in [3.05, 3.63) is 59.9 Å². The van der Waals surface area contributed by atoms with Gasteiger partial charge in [-0.25, -0.2) is 4.39 Å². The first-order valence-electron chi connectivity index (χ1n) is 5.56. The fourth-order valence-corrected chi connectivity index (χ4v) is 1.74. The van der Waals surface area contributed by atoms with Crippen molar-refractivity contribution >= 4 is 0 Å². The van der Waals surface area contributed by atoms with Crippen molar-refractivity contribution in [2.45, 2.75) is 19.4 Å². The van der Waals surface area contributed by atoms with Gasteiger partial charge in [-0.2, -0.15) is 0 Å². The second-order valence-corrected chi connectivity index (χ2v) is 4.62. The van der Waals surface area contributed by atoms with Crippen molar-refractivity contribution in [1.29, 1.82) is 0 Å². The fourth-order valence-electron chi connectivity index (χ4n) is 1.74. The van der Waals surface area contributed by atoms with Gasteiger partial charge >= 0.3 is 0 Å². The maximum absolute atomic E-state index is 13.8. The average Bonchev–Trinajstić information content (AvgIpc) is 2.29. The molecule has 2 rings (SSSR count). The highest BCUT2D eigenvalue weighted by molar-refractivity contribution is 5.65. The van der Waals surface area contributed by atoms with Crippen LogP contribution in [-0.2, 0) is 5.60 Å². The molecule has 0 aliphatic heterocycles. The van der Waals surface area contributed by atoms with Crippen LogP contribution in [0.3, 0.4) is 0 Å². The summed E-state index contributed by atoms with van der Waals surface area (Å²) in [6.07, 6.45) is 0. The highest BCUT2D eigenvalue weighted by Crippen LogP contribution is 2.28. The third kappa shape index (κ3) is 2.53. The number of aliphatic hydroxyl groups is 1. The summed E-state index contributed by atoms with van der Waals surface area (Å²) in [4.78, 5) is 0. The molecule has 0 bridgehead atoms. The van der Waals surface area contributed by atoms with Crippen LogP contribution in [0.2, 0.25) is 0 Å². The lowest BCUT2D eigenvalue weighted by Crippen LogP contribution is -2.15. The third-order valence-electron chi connectivity index (χ3n) is 2.76. The number of hydrogen-bond donors (Lipinski definition) is 1. The lowest BCUT2D eigenvalue weighted by atomic mass is 9.94. The van der Waals surface area contributed by atoms with Gasteiger partial charge in [0.05, 0.1) is 5.60 Å². The Morgan fingerprint density at radius 1 is 1.00 bits per heavy atom. The van der Waals surface area contributed by atoms with Crippen LogP contribution in [-0.4, -0.2) is 5.11 Å². The van der Waals surface area contributed by atoms with E-state index in [4.69, 9.17) is 0 Å². The molecule has 1 nitrogen and oxygen atoms in total. The van der Waals surface area contributed by atoms with Gasteiger partial charge in [0, 0.05) is 5.56 Å². The van der Waals surface area contributed by atoms with E-state index in [-0.39, 0.29) is 5.82 Å². The van der Waals surface area contributed by atoms with Crippen molar-refractivity contribution in [2.75, 3.05) is 0 Å². The first kappa shape index (κ1) is 11.8. The van der Waals surface area contributed by atoms with Gasteiger partial charge in [-0.15, -0.1) is 0 Å². The lowest BCUT2D eigenvalue weighted by molar-refractivity contribution is 0.0786. The van der Waals surface area contributed by atoms with E-state index < -0.39 is 5.60 Å². The van der Waals surface area contributed by atoms with Crippen molar-refractivity contribution < 1.29 is 9.50 Å². The number of benzene rings is 2. The van der Waals surface area contributed by atoms with Crippen LogP contribution in [0.25, 0.3) is 11.1 Å². The normalized spacial score (nSPS) is 11.5. The Kier molecular flexibility index (Phi) is 2.99. The molecule has 0 heterocycles. The van der Waals surface area contributed by atoms with E-state index in [2.05, 4.69) is 0 Å². The summed E-state index contributed by atoms with van der Waals surface area (Å²) < 4.78 is 13.8. The largest absolute Gasteiger partial charge is 0.386 e. The molecule has 2 heteroatoms. The van der Waals surface area contributed by atoms with E-state index in [1.165, 1.54) is 6.07 Å². The first-order valence-corrected chi connectivity index (χ1v) is 5.56. The molecule has 0 radical (unpaired) electrons.